The number of aromatic nitrogens is 2. The zero-order valence-corrected chi connectivity index (χ0v) is 21.5. The Balaban J connectivity index is 1.32. The third-order valence-electron chi connectivity index (χ3n) is 8.06. The summed E-state index contributed by atoms with van der Waals surface area (Å²) in [5.74, 6) is 2.33. The van der Waals surface area contributed by atoms with Crippen LogP contribution in [0.5, 0.6) is 0 Å². The number of nitrogens with one attached hydrogen (secondary N) is 2. The van der Waals surface area contributed by atoms with Crippen LogP contribution in [-0.2, 0) is 5.41 Å². The summed E-state index contributed by atoms with van der Waals surface area (Å²) in [6, 6.07) is 9.60. The second-order valence-corrected chi connectivity index (χ2v) is 10.9. The fourth-order valence-electron chi connectivity index (χ4n) is 5.99. The Morgan fingerprint density at radius 3 is 2.40 bits per heavy atom. The van der Waals surface area contributed by atoms with Gasteiger partial charge in [0.15, 0.2) is 5.11 Å². The summed E-state index contributed by atoms with van der Waals surface area (Å²) < 4.78 is 13.5. The smallest absolute Gasteiger partial charge is 0.232 e. The van der Waals surface area contributed by atoms with E-state index in [0.717, 1.165) is 44.1 Å². The standard InChI is InChI=1S/C27H37FN6S/c1-20-8-2-5-17-34(20)24-18-23(33-15-6-7-16-33)30-25(31-24)32-26(35)29-19-27(13-3-4-14-27)21-9-11-22(28)12-10-21/h9-12,18,20H,2-8,13-17,19H2,1H3,(H2,29,30,31,32,35)/t20-/m1/s1. The molecule has 0 spiro atoms. The number of benzene rings is 1. The highest BCUT2D eigenvalue weighted by Gasteiger charge is 2.35. The van der Waals surface area contributed by atoms with E-state index in [-0.39, 0.29) is 11.2 Å². The van der Waals surface area contributed by atoms with Crippen LogP contribution in [-0.4, -0.2) is 47.3 Å². The first-order chi connectivity index (χ1) is 17.0. The zero-order valence-electron chi connectivity index (χ0n) is 20.7. The molecule has 3 aliphatic rings. The lowest BCUT2D eigenvalue weighted by molar-refractivity contribution is 0.434. The maximum Gasteiger partial charge on any atom is 0.232 e. The van der Waals surface area contributed by atoms with Gasteiger partial charge in [-0.05, 0) is 81.8 Å². The van der Waals surface area contributed by atoms with Crippen LogP contribution in [0.3, 0.4) is 0 Å². The lowest BCUT2D eigenvalue weighted by Crippen LogP contribution is -2.41. The van der Waals surface area contributed by atoms with Gasteiger partial charge >= 0.3 is 0 Å². The molecule has 3 heterocycles. The van der Waals surface area contributed by atoms with Crippen molar-refractivity contribution in [3.63, 3.8) is 0 Å². The molecular weight excluding hydrogens is 459 g/mol. The third kappa shape index (κ3) is 5.52. The fourth-order valence-corrected chi connectivity index (χ4v) is 6.15. The number of hydrogen-bond acceptors (Lipinski definition) is 5. The van der Waals surface area contributed by atoms with Crippen molar-refractivity contribution in [3.8, 4) is 0 Å². The summed E-state index contributed by atoms with van der Waals surface area (Å²) in [4.78, 5) is 14.5. The quantitative estimate of drug-likeness (QED) is 0.520. The van der Waals surface area contributed by atoms with Gasteiger partial charge in [-0.3, -0.25) is 0 Å². The van der Waals surface area contributed by atoms with Crippen LogP contribution >= 0.6 is 12.2 Å². The highest BCUT2D eigenvalue weighted by Crippen LogP contribution is 2.40. The Morgan fingerprint density at radius 2 is 1.69 bits per heavy atom. The number of nitrogens with zero attached hydrogens (tertiary/aromatic N) is 4. The average Bonchev–Trinajstić information content (AvgIpc) is 3.57. The molecule has 1 aromatic carbocycles. The maximum absolute atomic E-state index is 13.5. The van der Waals surface area contributed by atoms with Crippen LogP contribution in [0, 0.1) is 5.82 Å². The van der Waals surface area contributed by atoms with Gasteiger partial charge in [-0.25, -0.2) is 4.39 Å². The Labute approximate surface area is 213 Å². The molecule has 8 heteroatoms. The Kier molecular flexibility index (Phi) is 7.37. The average molecular weight is 497 g/mol. The highest BCUT2D eigenvalue weighted by atomic mass is 32.1. The minimum atomic E-state index is -0.194. The number of halogens is 1. The molecule has 1 atom stereocenters. The van der Waals surface area contributed by atoms with E-state index in [1.165, 1.54) is 50.5 Å². The molecule has 2 saturated heterocycles. The first-order valence-corrected chi connectivity index (χ1v) is 13.6. The number of rotatable bonds is 6. The van der Waals surface area contributed by atoms with Crippen LogP contribution in [0.4, 0.5) is 22.0 Å². The summed E-state index contributed by atoms with van der Waals surface area (Å²) in [7, 11) is 0. The molecule has 5 rings (SSSR count). The molecule has 6 nitrogen and oxygen atoms in total. The molecule has 2 N–H and O–H groups in total. The minimum Gasteiger partial charge on any atom is -0.361 e. The summed E-state index contributed by atoms with van der Waals surface area (Å²) in [6.45, 7) is 6.10. The van der Waals surface area contributed by atoms with E-state index < -0.39 is 0 Å². The Bertz CT molecular complexity index is 1020. The van der Waals surface area contributed by atoms with Gasteiger partial charge in [0.05, 0.1) is 0 Å². The van der Waals surface area contributed by atoms with E-state index in [0.29, 0.717) is 23.6 Å². The first kappa shape index (κ1) is 24.2. The second-order valence-electron chi connectivity index (χ2n) is 10.4. The van der Waals surface area contributed by atoms with Crippen molar-refractivity contribution < 1.29 is 4.39 Å². The largest absolute Gasteiger partial charge is 0.361 e. The summed E-state index contributed by atoms with van der Waals surface area (Å²) in [5.41, 5.74) is 1.16. The highest BCUT2D eigenvalue weighted by molar-refractivity contribution is 7.80. The van der Waals surface area contributed by atoms with Crippen LogP contribution in [0.1, 0.15) is 70.3 Å². The molecule has 1 saturated carbocycles. The van der Waals surface area contributed by atoms with Gasteiger partial charge in [0, 0.05) is 43.7 Å². The summed E-state index contributed by atoms with van der Waals surface area (Å²) >= 11 is 5.70. The molecule has 0 bridgehead atoms. The Hall–Kier alpha value is -2.48. The van der Waals surface area contributed by atoms with E-state index in [1.54, 1.807) is 12.1 Å². The molecule has 1 aromatic heterocycles. The number of hydrogen-bond donors (Lipinski definition) is 2. The zero-order chi connectivity index (χ0) is 24.3. The normalized spacial score (nSPS) is 21.8. The van der Waals surface area contributed by atoms with Gasteiger partial charge in [-0.2, -0.15) is 9.97 Å². The lowest BCUT2D eigenvalue weighted by atomic mass is 9.79. The van der Waals surface area contributed by atoms with E-state index in [2.05, 4.69) is 33.4 Å². The van der Waals surface area contributed by atoms with Gasteiger partial charge in [-0.15, -0.1) is 0 Å². The number of anilines is 3. The van der Waals surface area contributed by atoms with Crippen molar-refractivity contribution in [2.75, 3.05) is 41.3 Å². The van der Waals surface area contributed by atoms with Crippen LogP contribution in [0.15, 0.2) is 30.3 Å². The predicted molar refractivity (Wildman–Crippen MR) is 145 cm³/mol. The third-order valence-corrected chi connectivity index (χ3v) is 8.30. The molecule has 188 valence electrons. The van der Waals surface area contributed by atoms with Crippen molar-refractivity contribution in [2.45, 2.75) is 76.2 Å². The summed E-state index contributed by atoms with van der Waals surface area (Å²) in [5, 5.41) is 7.27. The fraction of sp³-hybridized carbons (Fsp3) is 0.593. The lowest BCUT2D eigenvalue weighted by Gasteiger charge is -2.35. The predicted octanol–water partition coefficient (Wildman–Crippen LogP) is 5.39. The van der Waals surface area contributed by atoms with Gasteiger partial charge in [0.2, 0.25) is 5.95 Å². The van der Waals surface area contributed by atoms with Crippen LogP contribution in [0.2, 0.25) is 0 Å². The molecule has 2 aromatic rings. The molecule has 2 aliphatic heterocycles. The monoisotopic (exact) mass is 496 g/mol. The SMILES string of the molecule is C[C@@H]1CCCCN1c1cc(N2CCCC2)nc(NC(=S)NCC2(c3ccc(F)cc3)CCCC2)n1. The molecule has 35 heavy (non-hydrogen) atoms. The second kappa shape index (κ2) is 10.6. The number of thiocarbonyl (C=S) groups is 1. The maximum atomic E-state index is 13.5. The molecular formula is C27H37FN6S. The van der Waals surface area contributed by atoms with Crippen molar-refractivity contribution in [2.24, 2.45) is 0 Å². The molecule has 1 aliphatic carbocycles. The molecule has 3 fully saturated rings. The van der Waals surface area contributed by atoms with Gasteiger partial charge in [-0.1, -0.05) is 25.0 Å². The first-order valence-electron chi connectivity index (χ1n) is 13.2. The number of piperidine rings is 1. The van der Waals surface area contributed by atoms with Gasteiger partial charge in [0.1, 0.15) is 17.5 Å². The van der Waals surface area contributed by atoms with Crippen molar-refractivity contribution in [1.29, 1.82) is 0 Å². The van der Waals surface area contributed by atoms with Gasteiger partial charge < -0.3 is 20.4 Å². The van der Waals surface area contributed by atoms with E-state index >= 15 is 0 Å². The van der Waals surface area contributed by atoms with Crippen LogP contribution < -0.4 is 20.4 Å². The molecule has 0 radical (unpaired) electrons. The van der Waals surface area contributed by atoms with Crippen molar-refractivity contribution in [1.82, 2.24) is 15.3 Å². The minimum absolute atomic E-state index is 0.0217. The molecule has 0 unspecified atom stereocenters. The van der Waals surface area contributed by atoms with E-state index in [9.17, 15) is 4.39 Å². The van der Waals surface area contributed by atoms with Gasteiger partial charge in [0.25, 0.3) is 0 Å². The topological polar surface area (TPSA) is 56.3 Å². The van der Waals surface area contributed by atoms with Crippen LogP contribution in [0.25, 0.3) is 0 Å². The van der Waals surface area contributed by atoms with E-state index in [4.69, 9.17) is 22.2 Å². The summed E-state index contributed by atoms with van der Waals surface area (Å²) in [6.07, 6.45) is 10.6. The van der Waals surface area contributed by atoms with Crippen molar-refractivity contribution in [3.05, 3.63) is 41.7 Å². The Morgan fingerprint density at radius 1 is 1.00 bits per heavy atom. The molecule has 0 amide bonds. The van der Waals surface area contributed by atoms with Crippen molar-refractivity contribution >= 4 is 34.9 Å². The van der Waals surface area contributed by atoms with E-state index in [1.807, 2.05) is 12.1 Å².